The minimum atomic E-state index is -0.0229. The zero-order chi connectivity index (χ0) is 14.8. The maximum absolute atomic E-state index is 12.3. The number of carbonyl (C=O) groups is 1. The van der Waals surface area contributed by atoms with E-state index in [0.29, 0.717) is 19.1 Å². The molecule has 4 nitrogen and oxygen atoms in total. The third-order valence-electron chi connectivity index (χ3n) is 4.18. The first-order valence-corrected chi connectivity index (χ1v) is 8.31. The maximum atomic E-state index is 12.3. The van der Waals surface area contributed by atoms with E-state index in [1.54, 1.807) is 0 Å². The van der Waals surface area contributed by atoms with Gasteiger partial charge in [0.05, 0.1) is 19.1 Å². The lowest BCUT2D eigenvalue weighted by molar-refractivity contribution is -0.125. The van der Waals surface area contributed by atoms with Crippen LogP contribution in [0.4, 0.5) is 0 Å². The Morgan fingerprint density at radius 3 is 2.70 bits per heavy atom. The van der Waals surface area contributed by atoms with Crippen molar-refractivity contribution >= 4 is 5.91 Å². The summed E-state index contributed by atoms with van der Waals surface area (Å²) in [4.78, 5) is 12.3. The van der Waals surface area contributed by atoms with Gasteiger partial charge in [-0.3, -0.25) is 4.79 Å². The van der Waals surface area contributed by atoms with Crippen LogP contribution < -0.4 is 10.6 Å². The van der Waals surface area contributed by atoms with Gasteiger partial charge >= 0.3 is 0 Å². The van der Waals surface area contributed by atoms with Crippen LogP contribution in [0.15, 0.2) is 0 Å². The summed E-state index contributed by atoms with van der Waals surface area (Å²) in [6, 6.07) is 0.186. The van der Waals surface area contributed by atoms with Crippen molar-refractivity contribution < 1.29 is 9.53 Å². The predicted octanol–water partition coefficient (Wildman–Crippen LogP) is 2.33. The molecule has 1 saturated heterocycles. The van der Waals surface area contributed by atoms with Gasteiger partial charge in [-0.25, -0.2) is 0 Å². The number of hydrogen-bond donors (Lipinski definition) is 2. The fraction of sp³-hybridized carbons (Fsp3) is 0.938. The molecule has 4 heteroatoms. The molecule has 1 amide bonds. The van der Waals surface area contributed by atoms with Crippen LogP contribution in [0.25, 0.3) is 0 Å². The summed E-state index contributed by atoms with van der Waals surface area (Å²) in [5.74, 6) is 0.750. The van der Waals surface area contributed by atoms with Gasteiger partial charge in [0, 0.05) is 12.6 Å². The second-order valence-electron chi connectivity index (χ2n) is 5.87. The Bertz CT molecular complexity index is 271. The summed E-state index contributed by atoms with van der Waals surface area (Å²) in [6.07, 6.45) is 5.91. The van der Waals surface area contributed by atoms with Crippen LogP contribution in [0.1, 0.15) is 52.9 Å². The van der Waals surface area contributed by atoms with Gasteiger partial charge < -0.3 is 15.4 Å². The van der Waals surface area contributed by atoms with Crippen molar-refractivity contribution in [2.45, 2.75) is 58.9 Å². The highest BCUT2D eigenvalue weighted by Gasteiger charge is 2.33. The van der Waals surface area contributed by atoms with Gasteiger partial charge in [-0.1, -0.05) is 40.0 Å². The van der Waals surface area contributed by atoms with Gasteiger partial charge in [0.25, 0.3) is 0 Å². The molecule has 0 aromatic rings. The third-order valence-corrected chi connectivity index (χ3v) is 4.18. The fourth-order valence-electron chi connectivity index (χ4n) is 2.66. The number of amides is 1. The van der Waals surface area contributed by atoms with Crippen LogP contribution in [0.5, 0.6) is 0 Å². The highest BCUT2D eigenvalue weighted by atomic mass is 16.5. The van der Waals surface area contributed by atoms with Crippen molar-refractivity contribution in [3.05, 3.63) is 0 Å². The van der Waals surface area contributed by atoms with Gasteiger partial charge in [0.15, 0.2) is 0 Å². The number of hydrogen-bond acceptors (Lipinski definition) is 3. The average Bonchev–Trinajstić information content (AvgIpc) is 2.93. The highest BCUT2D eigenvalue weighted by Crippen LogP contribution is 2.15. The molecule has 0 spiro atoms. The Morgan fingerprint density at radius 2 is 2.05 bits per heavy atom. The van der Waals surface area contributed by atoms with Gasteiger partial charge in [0.1, 0.15) is 0 Å². The molecule has 1 aliphatic rings. The van der Waals surface area contributed by atoms with Gasteiger partial charge in [0.2, 0.25) is 5.91 Å². The van der Waals surface area contributed by atoms with E-state index in [1.807, 2.05) is 0 Å². The van der Waals surface area contributed by atoms with Crippen molar-refractivity contribution in [1.29, 1.82) is 0 Å². The first-order chi connectivity index (χ1) is 9.72. The minimum Gasteiger partial charge on any atom is -0.379 e. The normalized spacial score (nSPS) is 23.8. The number of ether oxygens (including phenoxy) is 1. The van der Waals surface area contributed by atoms with Crippen molar-refractivity contribution in [3.63, 3.8) is 0 Å². The van der Waals surface area contributed by atoms with Gasteiger partial charge in [-0.05, 0) is 25.3 Å². The van der Waals surface area contributed by atoms with E-state index in [-0.39, 0.29) is 17.9 Å². The molecule has 1 aliphatic heterocycles. The number of rotatable bonds is 10. The molecule has 118 valence electrons. The van der Waals surface area contributed by atoms with E-state index in [0.717, 1.165) is 25.9 Å². The molecule has 0 aromatic heterocycles. The van der Waals surface area contributed by atoms with Crippen molar-refractivity contribution in [2.24, 2.45) is 11.8 Å². The highest BCUT2D eigenvalue weighted by molar-refractivity contribution is 5.79. The Labute approximate surface area is 124 Å². The van der Waals surface area contributed by atoms with Crippen LogP contribution in [0.3, 0.4) is 0 Å². The lowest BCUT2D eigenvalue weighted by atomic mass is 9.98. The monoisotopic (exact) mass is 284 g/mol. The minimum absolute atomic E-state index is 0.0229. The number of carbonyl (C=O) groups excluding carboxylic acids is 1. The van der Waals surface area contributed by atoms with Crippen LogP contribution in [0, 0.1) is 11.8 Å². The van der Waals surface area contributed by atoms with Crippen molar-refractivity contribution in [1.82, 2.24) is 10.6 Å². The Kier molecular flexibility index (Phi) is 8.86. The summed E-state index contributed by atoms with van der Waals surface area (Å²) >= 11 is 0. The van der Waals surface area contributed by atoms with E-state index >= 15 is 0 Å². The molecule has 2 N–H and O–H groups in total. The second-order valence-corrected chi connectivity index (χ2v) is 5.87. The average molecular weight is 284 g/mol. The zero-order valence-corrected chi connectivity index (χ0v) is 13.4. The summed E-state index contributed by atoms with van der Waals surface area (Å²) < 4.78 is 5.46. The van der Waals surface area contributed by atoms with E-state index in [9.17, 15) is 4.79 Å². The molecule has 0 radical (unpaired) electrons. The molecule has 0 aromatic carbocycles. The Morgan fingerprint density at radius 1 is 1.25 bits per heavy atom. The summed E-state index contributed by atoms with van der Waals surface area (Å²) in [7, 11) is 0. The predicted molar refractivity (Wildman–Crippen MR) is 82.7 cm³/mol. The zero-order valence-electron chi connectivity index (χ0n) is 13.4. The molecular weight excluding hydrogens is 252 g/mol. The molecule has 20 heavy (non-hydrogen) atoms. The van der Waals surface area contributed by atoms with Crippen molar-refractivity contribution in [2.75, 3.05) is 26.3 Å². The topological polar surface area (TPSA) is 50.4 Å². The first kappa shape index (κ1) is 17.4. The lowest BCUT2D eigenvalue weighted by Crippen LogP contribution is -2.45. The molecule has 0 aliphatic carbocycles. The SMILES string of the molecule is CCCCC(CC)CNC(=O)C1COCC1NCCC. The summed E-state index contributed by atoms with van der Waals surface area (Å²) in [6.45, 7) is 9.53. The molecule has 1 fully saturated rings. The molecular formula is C16H32N2O2. The van der Waals surface area contributed by atoms with Crippen LogP contribution in [-0.4, -0.2) is 38.3 Å². The molecule has 3 unspecified atom stereocenters. The molecule has 0 saturated carbocycles. The van der Waals surface area contributed by atoms with Crippen molar-refractivity contribution in [3.8, 4) is 0 Å². The smallest absolute Gasteiger partial charge is 0.227 e. The van der Waals surface area contributed by atoms with E-state index in [2.05, 4.69) is 31.4 Å². The standard InChI is InChI=1S/C16H32N2O2/c1-4-7-8-13(6-3)10-18-16(19)14-11-20-12-15(14)17-9-5-2/h13-15,17H,4-12H2,1-3H3,(H,18,19). The first-order valence-electron chi connectivity index (χ1n) is 8.31. The molecule has 0 bridgehead atoms. The quantitative estimate of drug-likeness (QED) is 0.647. The van der Waals surface area contributed by atoms with Gasteiger partial charge in [-0.15, -0.1) is 0 Å². The van der Waals surface area contributed by atoms with E-state index in [1.165, 1.54) is 19.3 Å². The lowest BCUT2D eigenvalue weighted by Gasteiger charge is -2.20. The summed E-state index contributed by atoms with van der Waals surface area (Å²) in [5, 5.41) is 6.54. The fourth-order valence-corrected chi connectivity index (χ4v) is 2.66. The molecule has 1 heterocycles. The number of nitrogens with one attached hydrogen (secondary N) is 2. The second kappa shape index (κ2) is 10.2. The number of unbranched alkanes of at least 4 members (excludes halogenated alkanes) is 1. The third kappa shape index (κ3) is 5.80. The summed E-state index contributed by atoms with van der Waals surface area (Å²) in [5.41, 5.74) is 0. The maximum Gasteiger partial charge on any atom is 0.227 e. The van der Waals surface area contributed by atoms with E-state index in [4.69, 9.17) is 4.74 Å². The van der Waals surface area contributed by atoms with Gasteiger partial charge in [-0.2, -0.15) is 0 Å². The molecule has 3 atom stereocenters. The van der Waals surface area contributed by atoms with E-state index < -0.39 is 0 Å². The van der Waals surface area contributed by atoms with Crippen LogP contribution in [0.2, 0.25) is 0 Å². The Hall–Kier alpha value is -0.610. The van der Waals surface area contributed by atoms with Crippen LogP contribution in [-0.2, 0) is 9.53 Å². The molecule has 1 rings (SSSR count). The Balaban J connectivity index is 2.33. The largest absolute Gasteiger partial charge is 0.379 e. The van der Waals surface area contributed by atoms with Crippen LogP contribution >= 0.6 is 0 Å².